The smallest absolute Gasteiger partial charge is 0.326 e. The molecule has 2 amide bonds. The summed E-state index contributed by atoms with van der Waals surface area (Å²) >= 11 is 0. The number of aryl methyl sites for hydroxylation is 2. The summed E-state index contributed by atoms with van der Waals surface area (Å²) in [6, 6.07) is 16.2. The normalized spacial score (nSPS) is 18.5. The summed E-state index contributed by atoms with van der Waals surface area (Å²) in [6.45, 7) is -0.622. The number of benzene rings is 2. The first-order valence-electron chi connectivity index (χ1n) is 13.0. The van der Waals surface area contributed by atoms with Gasteiger partial charge in [0.2, 0.25) is 11.8 Å². The number of carbonyl (C=O) groups is 4. The quantitative estimate of drug-likeness (QED) is 0.477. The Bertz CT molecular complexity index is 1110. The Morgan fingerprint density at radius 1 is 1.00 bits per heavy atom. The molecule has 2 N–H and O–H groups in total. The number of nitrogens with zero attached hydrogens (tertiary/aromatic N) is 1. The third-order valence-electron chi connectivity index (χ3n) is 7.30. The van der Waals surface area contributed by atoms with Gasteiger partial charge in [-0.2, -0.15) is 0 Å². The molecule has 0 radical (unpaired) electrons. The number of carboxylic acid groups (broad SMARTS) is 1. The second kappa shape index (κ2) is 12.5. The van der Waals surface area contributed by atoms with Crippen molar-refractivity contribution in [2.24, 2.45) is 11.8 Å². The van der Waals surface area contributed by atoms with E-state index >= 15 is 0 Å². The molecule has 0 aromatic heterocycles. The van der Waals surface area contributed by atoms with Gasteiger partial charge < -0.3 is 15.2 Å². The molecule has 2 atom stereocenters. The first-order chi connectivity index (χ1) is 17.9. The maximum Gasteiger partial charge on any atom is 0.326 e. The number of carboxylic acids is 1. The van der Waals surface area contributed by atoms with Crippen molar-refractivity contribution in [3.8, 4) is 0 Å². The van der Waals surface area contributed by atoms with Gasteiger partial charge in [-0.1, -0.05) is 61.4 Å². The van der Waals surface area contributed by atoms with Gasteiger partial charge in [0.15, 0.2) is 0 Å². The minimum atomic E-state index is -1.03. The average Bonchev–Trinajstić information content (AvgIpc) is 3.41. The van der Waals surface area contributed by atoms with Crippen molar-refractivity contribution in [1.82, 2.24) is 5.32 Å². The molecule has 4 rings (SSSR count). The molecular formula is C29H34N2O6. The molecule has 2 aromatic carbocycles. The summed E-state index contributed by atoms with van der Waals surface area (Å²) in [7, 11) is 0. The second-order valence-electron chi connectivity index (χ2n) is 9.88. The number of esters is 1. The van der Waals surface area contributed by atoms with E-state index in [0.717, 1.165) is 36.8 Å². The minimum absolute atomic E-state index is 0.0688. The number of ether oxygens (including phenoxy) is 1. The molecule has 8 heteroatoms. The monoisotopic (exact) mass is 506 g/mol. The Balaban J connectivity index is 1.40. The first-order valence-corrected chi connectivity index (χ1v) is 13.0. The van der Waals surface area contributed by atoms with Crippen molar-refractivity contribution in [3.05, 3.63) is 65.7 Å². The maximum absolute atomic E-state index is 13.5. The van der Waals surface area contributed by atoms with Gasteiger partial charge in [0.05, 0.1) is 5.92 Å². The van der Waals surface area contributed by atoms with Crippen LogP contribution in [-0.4, -0.2) is 48.1 Å². The van der Waals surface area contributed by atoms with Crippen molar-refractivity contribution in [3.63, 3.8) is 0 Å². The van der Waals surface area contributed by atoms with Crippen LogP contribution < -0.4 is 10.2 Å². The lowest BCUT2D eigenvalue weighted by Crippen LogP contribution is -2.50. The topological polar surface area (TPSA) is 113 Å². The van der Waals surface area contributed by atoms with E-state index in [1.54, 1.807) is 12.1 Å². The standard InChI is InChI=1S/C29H34N2O6/c32-26(37-19-23(29(35)36)15-14-20-8-2-1-3-9-20)18-31-25-13-7-6-10-21(25)16-17-24(28(31)34)30-27(33)22-11-4-5-12-22/h1-3,6-10,13,22-24H,4-5,11-12,14-19H2,(H,30,33)(H,35,36). The van der Waals surface area contributed by atoms with Crippen LogP contribution in [0.4, 0.5) is 5.69 Å². The largest absolute Gasteiger partial charge is 0.481 e. The summed E-state index contributed by atoms with van der Waals surface area (Å²) in [4.78, 5) is 52.2. The molecule has 2 aromatic rings. The number of hydrogen-bond acceptors (Lipinski definition) is 5. The van der Waals surface area contributed by atoms with Crippen LogP contribution in [0.15, 0.2) is 54.6 Å². The van der Waals surface area contributed by atoms with Gasteiger partial charge in [0, 0.05) is 11.6 Å². The molecule has 2 unspecified atom stereocenters. The molecule has 37 heavy (non-hydrogen) atoms. The van der Waals surface area contributed by atoms with Crippen LogP contribution in [0.5, 0.6) is 0 Å². The third-order valence-corrected chi connectivity index (χ3v) is 7.30. The van der Waals surface area contributed by atoms with Crippen LogP contribution in [0.2, 0.25) is 0 Å². The summed E-state index contributed by atoms with van der Waals surface area (Å²) < 4.78 is 5.36. The maximum atomic E-state index is 13.5. The second-order valence-corrected chi connectivity index (χ2v) is 9.88. The minimum Gasteiger partial charge on any atom is -0.481 e. The Kier molecular flexibility index (Phi) is 8.93. The lowest BCUT2D eigenvalue weighted by molar-refractivity contribution is -0.150. The zero-order valence-corrected chi connectivity index (χ0v) is 20.9. The Labute approximate surface area is 217 Å². The summed E-state index contributed by atoms with van der Waals surface area (Å²) in [5.74, 6) is -3.10. The van der Waals surface area contributed by atoms with E-state index in [-0.39, 0.29) is 30.9 Å². The number of nitrogens with one attached hydrogen (secondary N) is 1. The molecule has 0 bridgehead atoms. The Morgan fingerprint density at radius 2 is 1.70 bits per heavy atom. The highest BCUT2D eigenvalue weighted by Gasteiger charge is 2.34. The van der Waals surface area contributed by atoms with Crippen LogP contribution in [-0.2, 0) is 36.8 Å². The Morgan fingerprint density at radius 3 is 2.43 bits per heavy atom. The van der Waals surface area contributed by atoms with Crippen LogP contribution in [0.1, 0.15) is 49.7 Å². The van der Waals surface area contributed by atoms with Gasteiger partial charge in [-0.15, -0.1) is 0 Å². The summed E-state index contributed by atoms with van der Waals surface area (Å²) in [5.41, 5.74) is 2.53. The lowest BCUT2D eigenvalue weighted by Gasteiger charge is -2.26. The zero-order valence-electron chi connectivity index (χ0n) is 20.9. The lowest BCUT2D eigenvalue weighted by atomic mass is 10.0. The number of para-hydroxylation sites is 1. The van der Waals surface area contributed by atoms with Crippen molar-refractivity contribution >= 4 is 29.4 Å². The van der Waals surface area contributed by atoms with E-state index in [0.29, 0.717) is 31.4 Å². The highest BCUT2D eigenvalue weighted by molar-refractivity contribution is 6.03. The fraction of sp³-hybridized carbons (Fsp3) is 0.448. The molecular weight excluding hydrogens is 472 g/mol. The molecule has 8 nitrogen and oxygen atoms in total. The predicted octanol–water partition coefficient (Wildman–Crippen LogP) is 3.52. The van der Waals surface area contributed by atoms with E-state index in [1.807, 2.05) is 42.5 Å². The highest BCUT2D eigenvalue weighted by atomic mass is 16.5. The summed E-state index contributed by atoms with van der Waals surface area (Å²) in [6.07, 6.45) is 5.61. The van der Waals surface area contributed by atoms with Gasteiger partial charge in [0.25, 0.3) is 0 Å². The number of fused-ring (bicyclic) bond motifs is 1. The molecule has 196 valence electrons. The third kappa shape index (κ3) is 6.96. The fourth-order valence-electron chi connectivity index (χ4n) is 5.12. The van der Waals surface area contributed by atoms with Gasteiger partial charge in [-0.25, -0.2) is 0 Å². The van der Waals surface area contributed by atoms with Crippen molar-refractivity contribution in [2.45, 2.75) is 57.4 Å². The van der Waals surface area contributed by atoms with Gasteiger partial charge in [0.1, 0.15) is 19.2 Å². The average molecular weight is 507 g/mol. The van der Waals surface area contributed by atoms with E-state index in [4.69, 9.17) is 4.74 Å². The predicted molar refractivity (Wildman–Crippen MR) is 138 cm³/mol. The Hall–Kier alpha value is -3.68. The molecule has 1 aliphatic carbocycles. The van der Waals surface area contributed by atoms with E-state index < -0.39 is 23.9 Å². The fourth-order valence-corrected chi connectivity index (χ4v) is 5.12. The van der Waals surface area contributed by atoms with Crippen molar-refractivity contribution < 1.29 is 29.0 Å². The van der Waals surface area contributed by atoms with E-state index in [9.17, 15) is 24.3 Å². The number of carbonyl (C=O) groups excluding carboxylic acids is 3. The molecule has 2 aliphatic rings. The molecule has 1 heterocycles. The SMILES string of the molecule is O=C(CN1C(=O)C(NC(=O)C2CCCC2)CCc2ccccc21)OCC(CCc1ccccc1)C(=O)O. The van der Waals surface area contributed by atoms with E-state index in [2.05, 4.69) is 5.32 Å². The molecule has 1 saturated carbocycles. The highest BCUT2D eigenvalue weighted by Crippen LogP contribution is 2.29. The number of anilines is 1. The molecule has 0 saturated heterocycles. The first kappa shape index (κ1) is 26.4. The van der Waals surface area contributed by atoms with Crippen LogP contribution in [0, 0.1) is 11.8 Å². The zero-order chi connectivity index (χ0) is 26.2. The number of rotatable bonds is 10. The van der Waals surface area contributed by atoms with Gasteiger partial charge in [-0.3, -0.25) is 24.1 Å². The van der Waals surface area contributed by atoms with Crippen LogP contribution in [0.25, 0.3) is 0 Å². The number of amides is 2. The molecule has 1 aliphatic heterocycles. The molecule has 0 spiro atoms. The van der Waals surface area contributed by atoms with Crippen LogP contribution in [0.3, 0.4) is 0 Å². The van der Waals surface area contributed by atoms with Crippen molar-refractivity contribution in [1.29, 1.82) is 0 Å². The van der Waals surface area contributed by atoms with Gasteiger partial charge >= 0.3 is 11.9 Å². The van der Waals surface area contributed by atoms with Gasteiger partial charge in [-0.05, 0) is 55.7 Å². The van der Waals surface area contributed by atoms with Crippen molar-refractivity contribution in [2.75, 3.05) is 18.1 Å². The number of aliphatic carboxylic acids is 1. The van der Waals surface area contributed by atoms with E-state index in [1.165, 1.54) is 4.90 Å². The van der Waals surface area contributed by atoms with Crippen LogP contribution >= 0.6 is 0 Å². The summed E-state index contributed by atoms with van der Waals surface area (Å²) in [5, 5.41) is 12.5. The molecule has 1 fully saturated rings. The number of hydrogen-bond donors (Lipinski definition) is 2.